The van der Waals surface area contributed by atoms with Crippen molar-refractivity contribution in [2.45, 2.75) is 65.0 Å². The van der Waals surface area contributed by atoms with Crippen LogP contribution in [0.25, 0.3) is 0 Å². The van der Waals surface area contributed by atoms with E-state index in [9.17, 15) is 5.11 Å². The molecule has 0 spiro atoms. The van der Waals surface area contributed by atoms with Crippen LogP contribution in [0, 0.1) is 11.3 Å². The van der Waals surface area contributed by atoms with Crippen molar-refractivity contribution in [1.82, 2.24) is 10.2 Å². The lowest BCUT2D eigenvalue weighted by Gasteiger charge is -2.40. The first-order valence-electron chi connectivity index (χ1n) is 8.16. The SMILES string of the molecule is CCCC(C)(CNC1CC1)CN1CCC(C)C(O)C1. The van der Waals surface area contributed by atoms with E-state index in [0.29, 0.717) is 11.3 Å². The third kappa shape index (κ3) is 4.73. The van der Waals surface area contributed by atoms with Crippen LogP contribution >= 0.6 is 0 Å². The van der Waals surface area contributed by atoms with E-state index in [4.69, 9.17) is 0 Å². The fourth-order valence-electron chi connectivity index (χ4n) is 3.30. The molecule has 2 fully saturated rings. The second-order valence-electron chi connectivity index (χ2n) is 7.28. The molecule has 3 heteroatoms. The van der Waals surface area contributed by atoms with Crippen molar-refractivity contribution in [3.8, 4) is 0 Å². The Morgan fingerprint density at radius 2 is 2.05 bits per heavy atom. The van der Waals surface area contributed by atoms with Crippen molar-refractivity contribution in [1.29, 1.82) is 0 Å². The second-order valence-corrected chi connectivity index (χ2v) is 7.28. The summed E-state index contributed by atoms with van der Waals surface area (Å²) in [6.45, 7) is 11.1. The summed E-state index contributed by atoms with van der Waals surface area (Å²) < 4.78 is 0. The average molecular weight is 268 g/mol. The van der Waals surface area contributed by atoms with Crippen LogP contribution < -0.4 is 5.32 Å². The van der Waals surface area contributed by atoms with Crippen LogP contribution in [0.5, 0.6) is 0 Å². The number of β-amino-alcohol motifs (C(OH)–C–C–N with tert-alkyl or cyclic N) is 1. The number of nitrogens with one attached hydrogen (secondary N) is 1. The molecule has 0 aromatic carbocycles. The molecule has 0 bridgehead atoms. The lowest BCUT2D eigenvalue weighted by Crippen LogP contribution is -2.49. The highest BCUT2D eigenvalue weighted by Gasteiger charge is 2.32. The number of rotatable bonds is 7. The Kier molecular flexibility index (Phi) is 5.27. The molecule has 1 aliphatic heterocycles. The van der Waals surface area contributed by atoms with E-state index < -0.39 is 0 Å². The van der Waals surface area contributed by atoms with Crippen molar-refractivity contribution in [3.63, 3.8) is 0 Å². The molecule has 3 unspecified atom stereocenters. The summed E-state index contributed by atoms with van der Waals surface area (Å²) in [5.74, 6) is 0.471. The molecular formula is C16H32N2O. The molecule has 0 amide bonds. The van der Waals surface area contributed by atoms with E-state index in [0.717, 1.165) is 38.6 Å². The fraction of sp³-hybridized carbons (Fsp3) is 1.00. The monoisotopic (exact) mass is 268 g/mol. The van der Waals surface area contributed by atoms with E-state index in [-0.39, 0.29) is 6.10 Å². The van der Waals surface area contributed by atoms with Gasteiger partial charge in [0.2, 0.25) is 0 Å². The van der Waals surface area contributed by atoms with Gasteiger partial charge in [0.25, 0.3) is 0 Å². The fourth-order valence-corrected chi connectivity index (χ4v) is 3.30. The van der Waals surface area contributed by atoms with E-state index in [1.807, 2.05) is 0 Å². The number of aliphatic hydroxyl groups is 1. The van der Waals surface area contributed by atoms with E-state index in [1.54, 1.807) is 0 Å². The largest absolute Gasteiger partial charge is 0.392 e. The van der Waals surface area contributed by atoms with Crippen molar-refractivity contribution in [2.75, 3.05) is 26.2 Å². The van der Waals surface area contributed by atoms with Gasteiger partial charge in [-0.15, -0.1) is 0 Å². The molecule has 1 aliphatic carbocycles. The first kappa shape index (κ1) is 15.3. The molecule has 3 nitrogen and oxygen atoms in total. The number of hydrogen-bond acceptors (Lipinski definition) is 3. The summed E-state index contributed by atoms with van der Waals surface area (Å²) in [7, 11) is 0. The Morgan fingerprint density at radius 3 is 2.63 bits per heavy atom. The topological polar surface area (TPSA) is 35.5 Å². The predicted molar refractivity (Wildman–Crippen MR) is 80.3 cm³/mol. The van der Waals surface area contributed by atoms with Gasteiger partial charge in [-0.25, -0.2) is 0 Å². The molecule has 0 radical (unpaired) electrons. The van der Waals surface area contributed by atoms with Gasteiger partial charge in [0.1, 0.15) is 0 Å². The molecule has 1 heterocycles. The molecular weight excluding hydrogens is 236 g/mol. The van der Waals surface area contributed by atoms with Gasteiger partial charge in [-0.3, -0.25) is 0 Å². The van der Waals surface area contributed by atoms with Gasteiger partial charge < -0.3 is 15.3 Å². The molecule has 19 heavy (non-hydrogen) atoms. The number of likely N-dealkylation sites (tertiary alicyclic amines) is 1. The van der Waals surface area contributed by atoms with Gasteiger partial charge in [-0.2, -0.15) is 0 Å². The van der Waals surface area contributed by atoms with Crippen LogP contribution in [0.2, 0.25) is 0 Å². The summed E-state index contributed by atoms with van der Waals surface area (Å²) in [6, 6.07) is 0.795. The Labute approximate surface area is 118 Å². The van der Waals surface area contributed by atoms with Crippen LogP contribution in [0.1, 0.15) is 52.9 Å². The molecule has 2 N–H and O–H groups in total. The molecule has 112 valence electrons. The number of piperidine rings is 1. The predicted octanol–water partition coefficient (Wildman–Crippen LogP) is 2.25. The Bertz CT molecular complexity index is 280. The zero-order valence-electron chi connectivity index (χ0n) is 13.0. The maximum absolute atomic E-state index is 10.0. The van der Waals surface area contributed by atoms with Gasteiger partial charge in [0.05, 0.1) is 6.10 Å². The molecule has 1 saturated carbocycles. The molecule has 0 aromatic rings. The minimum Gasteiger partial charge on any atom is -0.392 e. The van der Waals surface area contributed by atoms with Crippen molar-refractivity contribution in [2.24, 2.45) is 11.3 Å². The van der Waals surface area contributed by atoms with Crippen molar-refractivity contribution >= 4 is 0 Å². The average Bonchev–Trinajstić information content (AvgIpc) is 3.16. The molecule has 1 saturated heterocycles. The highest BCUT2D eigenvalue weighted by Crippen LogP contribution is 2.28. The lowest BCUT2D eigenvalue weighted by atomic mass is 9.83. The number of nitrogens with zero attached hydrogens (tertiary/aromatic N) is 1. The summed E-state index contributed by atoms with van der Waals surface area (Å²) in [5, 5.41) is 13.7. The quantitative estimate of drug-likeness (QED) is 0.743. The number of hydrogen-bond donors (Lipinski definition) is 2. The first-order chi connectivity index (χ1) is 9.02. The maximum Gasteiger partial charge on any atom is 0.0693 e. The minimum atomic E-state index is -0.129. The zero-order valence-corrected chi connectivity index (χ0v) is 13.0. The molecule has 0 aromatic heterocycles. The van der Waals surface area contributed by atoms with Gasteiger partial charge in [0.15, 0.2) is 0 Å². The normalized spacial score (nSPS) is 32.2. The second kappa shape index (κ2) is 6.55. The summed E-state index contributed by atoms with van der Waals surface area (Å²) >= 11 is 0. The highest BCUT2D eigenvalue weighted by molar-refractivity contribution is 4.88. The number of aliphatic hydroxyl groups excluding tert-OH is 1. The Hall–Kier alpha value is -0.120. The van der Waals surface area contributed by atoms with Crippen LogP contribution in [-0.4, -0.2) is 48.3 Å². The van der Waals surface area contributed by atoms with E-state index in [1.165, 1.54) is 25.7 Å². The van der Waals surface area contributed by atoms with Crippen LogP contribution in [0.15, 0.2) is 0 Å². The Morgan fingerprint density at radius 1 is 1.32 bits per heavy atom. The van der Waals surface area contributed by atoms with Gasteiger partial charge in [-0.05, 0) is 43.6 Å². The standard InChI is InChI=1S/C16H32N2O/c1-4-8-16(3,11-17-14-5-6-14)12-18-9-7-13(2)15(19)10-18/h13-15,17,19H,4-12H2,1-3H3. The minimum absolute atomic E-state index is 0.129. The van der Waals surface area contributed by atoms with E-state index >= 15 is 0 Å². The van der Waals surface area contributed by atoms with Crippen LogP contribution in [-0.2, 0) is 0 Å². The first-order valence-corrected chi connectivity index (χ1v) is 8.16. The zero-order chi connectivity index (χ0) is 13.9. The Balaban J connectivity index is 1.83. The maximum atomic E-state index is 10.0. The third-order valence-electron chi connectivity index (χ3n) is 4.86. The van der Waals surface area contributed by atoms with Gasteiger partial charge in [0, 0.05) is 25.7 Å². The molecule has 3 atom stereocenters. The van der Waals surface area contributed by atoms with E-state index in [2.05, 4.69) is 31.0 Å². The summed E-state index contributed by atoms with van der Waals surface area (Å²) in [5.41, 5.74) is 0.359. The summed E-state index contributed by atoms with van der Waals surface area (Å²) in [6.07, 6.45) is 6.25. The third-order valence-corrected chi connectivity index (χ3v) is 4.86. The molecule has 2 rings (SSSR count). The van der Waals surface area contributed by atoms with Crippen molar-refractivity contribution in [3.05, 3.63) is 0 Å². The summed E-state index contributed by atoms with van der Waals surface area (Å²) in [4.78, 5) is 2.48. The van der Waals surface area contributed by atoms with Gasteiger partial charge >= 0.3 is 0 Å². The van der Waals surface area contributed by atoms with Crippen molar-refractivity contribution < 1.29 is 5.11 Å². The lowest BCUT2D eigenvalue weighted by molar-refractivity contribution is 0.0106. The smallest absolute Gasteiger partial charge is 0.0693 e. The van der Waals surface area contributed by atoms with Crippen LogP contribution in [0.3, 0.4) is 0 Å². The molecule has 2 aliphatic rings. The highest BCUT2D eigenvalue weighted by atomic mass is 16.3. The van der Waals surface area contributed by atoms with Gasteiger partial charge in [-0.1, -0.05) is 27.2 Å². The van der Waals surface area contributed by atoms with Crippen LogP contribution in [0.4, 0.5) is 0 Å².